The lowest BCUT2D eigenvalue weighted by molar-refractivity contribution is -0.120. The molecule has 0 atom stereocenters. The number of pyridine rings is 1. The van der Waals surface area contributed by atoms with Crippen LogP contribution in [0.25, 0.3) is 10.9 Å². The van der Waals surface area contributed by atoms with Gasteiger partial charge < -0.3 is 5.32 Å². The van der Waals surface area contributed by atoms with Crippen LogP contribution < -0.4 is 5.32 Å². The molecule has 102 valence electrons. The van der Waals surface area contributed by atoms with Crippen molar-refractivity contribution in [3.63, 3.8) is 0 Å². The van der Waals surface area contributed by atoms with Crippen molar-refractivity contribution in [2.24, 2.45) is 0 Å². The first kappa shape index (κ1) is 12.8. The maximum atomic E-state index is 12.4. The zero-order valence-electron chi connectivity index (χ0n) is 11.1. The smallest absolute Gasteiger partial charge is 0.253 e. The summed E-state index contributed by atoms with van der Waals surface area (Å²) >= 11 is 0. The number of carbonyl (C=O) groups excluding carboxylic acids is 2. The molecule has 0 spiro atoms. The number of hydrogen-bond acceptors (Lipinski definition) is 3. The minimum atomic E-state index is -0.103. The minimum Gasteiger partial charge on any atom is -0.349 e. The summed E-state index contributed by atoms with van der Waals surface area (Å²) in [5, 5.41) is 3.97. The van der Waals surface area contributed by atoms with E-state index in [1.54, 1.807) is 12.3 Å². The first-order chi connectivity index (χ1) is 9.74. The molecule has 3 rings (SSSR count). The van der Waals surface area contributed by atoms with Gasteiger partial charge in [0.1, 0.15) is 5.78 Å². The molecule has 1 aliphatic carbocycles. The van der Waals surface area contributed by atoms with Crippen molar-refractivity contribution in [2.45, 2.75) is 31.7 Å². The maximum absolute atomic E-state index is 12.4. The average Bonchev–Trinajstić information content (AvgIpc) is 2.49. The Kier molecular flexibility index (Phi) is 3.46. The van der Waals surface area contributed by atoms with Crippen LogP contribution in [-0.4, -0.2) is 22.7 Å². The Morgan fingerprint density at radius 2 is 1.90 bits per heavy atom. The SMILES string of the molecule is O=C1CCC(NC(=O)c2cccc3cccnc23)CC1. The van der Waals surface area contributed by atoms with E-state index in [1.807, 2.05) is 24.3 Å². The van der Waals surface area contributed by atoms with Crippen LogP contribution in [0.1, 0.15) is 36.0 Å². The standard InChI is InChI=1S/C16H16N2O2/c19-13-8-6-12(7-9-13)18-16(20)14-5-1-3-11-4-2-10-17-15(11)14/h1-5,10,12H,6-9H2,(H,18,20). The van der Waals surface area contributed by atoms with E-state index in [1.165, 1.54) is 0 Å². The van der Waals surface area contributed by atoms with E-state index in [2.05, 4.69) is 10.3 Å². The molecule has 0 unspecified atom stereocenters. The number of hydrogen-bond donors (Lipinski definition) is 1. The Labute approximate surface area is 117 Å². The monoisotopic (exact) mass is 268 g/mol. The Balaban J connectivity index is 1.80. The number of benzene rings is 1. The largest absolute Gasteiger partial charge is 0.349 e. The fourth-order valence-electron chi connectivity index (χ4n) is 2.63. The summed E-state index contributed by atoms with van der Waals surface area (Å²) < 4.78 is 0. The zero-order valence-corrected chi connectivity index (χ0v) is 11.1. The van der Waals surface area contributed by atoms with E-state index >= 15 is 0 Å². The van der Waals surface area contributed by atoms with Gasteiger partial charge in [0.25, 0.3) is 5.91 Å². The molecule has 0 aliphatic heterocycles. The average molecular weight is 268 g/mol. The van der Waals surface area contributed by atoms with E-state index in [-0.39, 0.29) is 11.9 Å². The summed E-state index contributed by atoms with van der Waals surface area (Å²) in [5.74, 6) is 0.191. The predicted octanol–water partition coefficient (Wildman–Crippen LogP) is 2.48. The van der Waals surface area contributed by atoms with Gasteiger partial charge in [-0.3, -0.25) is 14.6 Å². The quantitative estimate of drug-likeness (QED) is 0.910. The van der Waals surface area contributed by atoms with Crippen LogP contribution in [0.2, 0.25) is 0 Å². The fraction of sp³-hybridized carbons (Fsp3) is 0.312. The third kappa shape index (κ3) is 2.54. The number of Topliss-reactive ketones (excluding diaryl/α,β-unsaturated/α-hetero) is 1. The van der Waals surface area contributed by atoms with Crippen molar-refractivity contribution in [1.29, 1.82) is 0 Å². The number of nitrogens with one attached hydrogen (secondary N) is 1. The summed E-state index contributed by atoms with van der Waals surface area (Å²) in [6.45, 7) is 0. The summed E-state index contributed by atoms with van der Waals surface area (Å²) in [4.78, 5) is 27.9. The number of amides is 1. The van der Waals surface area contributed by atoms with Crippen molar-refractivity contribution >= 4 is 22.6 Å². The lowest BCUT2D eigenvalue weighted by Gasteiger charge is -2.22. The van der Waals surface area contributed by atoms with Gasteiger partial charge in [-0.2, -0.15) is 0 Å². The number of aromatic nitrogens is 1. The van der Waals surface area contributed by atoms with Crippen molar-refractivity contribution in [3.8, 4) is 0 Å². The molecule has 0 bridgehead atoms. The van der Waals surface area contributed by atoms with Crippen LogP contribution in [-0.2, 0) is 4.79 Å². The first-order valence-corrected chi connectivity index (χ1v) is 6.90. The Morgan fingerprint density at radius 1 is 1.15 bits per heavy atom. The Bertz CT molecular complexity index is 651. The molecule has 1 amide bonds. The molecule has 1 fully saturated rings. The van der Waals surface area contributed by atoms with Crippen LogP contribution in [0, 0.1) is 0 Å². The van der Waals surface area contributed by atoms with Gasteiger partial charge in [0.15, 0.2) is 0 Å². The lowest BCUT2D eigenvalue weighted by atomic mass is 9.94. The van der Waals surface area contributed by atoms with E-state index in [0.717, 1.165) is 23.7 Å². The van der Waals surface area contributed by atoms with E-state index in [0.29, 0.717) is 24.2 Å². The molecular weight excluding hydrogens is 252 g/mol. The van der Waals surface area contributed by atoms with Gasteiger partial charge in [-0.15, -0.1) is 0 Å². The normalized spacial score (nSPS) is 16.3. The van der Waals surface area contributed by atoms with Crippen molar-refractivity contribution in [1.82, 2.24) is 10.3 Å². The van der Waals surface area contributed by atoms with Crippen molar-refractivity contribution < 1.29 is 9.59 Å². The van der Waals surface area contributed by atoms with Gasteiger partial charge in [-0.1, -0.05) is 18.2 Å². The number of carbonyl (C=O) groups is 2. The van der Waals surface area contributed by atoms with Crippen LogP contribution in [0.15, 0.2) is 36.5 Å². The van der Waals surface area contributed by atoms with Crippen LogP contribution in [0.3, 0.4) is 0 Å². The van der Waals surface area contributed by atoms with Gasteiger partial charge in [-0.25, -0.2) is 0 Å². The number of rotatable bonds is 2. The van der Waals surface area contributed by atoms with Gasteiger partial charge in [-0.05, 0) is 25.0 Å². The van der Waals surface area contributed by atoms with E-state index < -0.39 is 0 Å². The summed E-state index contributed by atoms with van der Waals surface area (Å²) in [7, 11) is 0. The molecule has 4 heteroatoms. The second kappa shape index (κ2) is 5.41. The Morgan fingerprint density at radius 3 is 2.70 bits per heavy atom. The van der Waals surface area contributed by atoms with Crippen LogP contribution in [0.5, 0.6) is 0 Å². The topological polar surface area (TPSA) is 59.1 Å². The molecule has 1 N–H and O–H groups in total. The van der Waals surface area contributed by atoms with Crippen molar-refractivity contribution in [2.75, 3.05) is 0 Å². The number of fused-ring (bicyclic) bond motifs is 1. The summed E-state index contributed by atoms with van der Waals surface area (Å²) in [5.41, 5.74) is 1.32. The highest BCUT2D eigenvalue weighted by Gasteiger charge is 2.21. The third-order valence-electron chi connectivity index (χ3n) is 3.76. The molecule has 0 radical (unpaired) electrons. The summed E-state index contributed by atoms with van der Waals surface area (Å²) in [6.07, 6.45) is 4.31. The molecule has 1 heterocycles. The second-order valence-electron chi connectivity index (χ2n) is 5.17. The number of ketones is 1. The third-order valence-corrected chi connectivity index (χ3v) is 3.76. The number of para-hydroxylation sites is 1. The van der Waals surface area contributed by atoms with Crippen LogP contribution in [0.4, 0.5) is 0 Å². The number of nitrogens with zero attached hydrogens (tertiary/aromatic N) is 1. The van der Waals surface area contributed by atoms with E-state index in [4.69, 9.17) is 0 Å². The fourth-order valence-corrected chi connectivity index (χ4v) is 2.63. The maximum Gasteiger partial charge on any atom is 0.253 e. The first-order valence-electron chi connectivity index (χ1n) is 6.90. The van der Waals surface area contributed by atoms with E-state index in [9.17, 15) is 9.59 Å². The van der Waals surface area contributed by atoms with Crippen molar-refractivity contribution in [3.05, 3.63) is 42.1 Å². The molecule has 1 aliphatic rings. The van der Waals surface area contributed by atoms with Gasteiger partial charge in [0.2, 0.25) is 0 Å². The highest BCUT2D eigenvalue weighted by atomic mass is 16.1. The summed E-state index contributed by atoms with van der Waals surface area (Å²) in [6, 6.07) is 9.49. The Hall–Kier alpha value is -2.23. The molecule has 1 aromatic heterocycles. The zero-order chi connectivity index (χ0) is 13.9. The molecule has 1 saturated carbocycles. The van der Waals surface area contributed by atoms with Gasteiger partial charge >= 0.3 is 0 Å². The highest BCUT2D eigenvalue weighted by molar-refractivity contribution is 6.05. The molecule has 0 saturated heterocycles. The molecule has 1 aromatic carbocycles. The minimum absolute atomic E-state index is 0.0965. The van der Waals surface area contributed by atoms with Crippen LogP contribution >= 0.6 is 0 Å². The lowest BCUT2D eigenvalue weighted by Crippen LogP contribution is -2.37. The molecule has 4 nitrogen and oxygen atoms in total. The molecule has 20 heavy (non-hydrogen) atoms. The second-order valence-corrected chi connectivity index (χ2v) is 5.17. The predicted molar refractivity (Wildman–Crippen MR) is 76.5 cm³/mol. The molecule has 2 aromatic rings. The molecular formula is C16H16N2O2. The van der Waals surface area contributed by atoms with Gasteiger partial charge in [0, 0.05) is 30.5 Å². The highest BCUT2D eigenvalue weighted by Crippen LogP contribution is 2.18. The van der Waals surface area contributed by atoms with Gasteiger partial charge in [0.05, 0.1) is 11.1 Å².